The number of anilines is 1. The fraction of sp³-hybridized carbons (Fsp3) is 0.133. The first-order valence-corrected chi connectivity index (χ1v) is 6.31. The van der Waals surface area contributed by atoms with Crippen molar-refractivity contribution in [3.8, 4) is 17.6 Å². The molecule has 0 bridgehead atoms. The van der Waals surface area contributed by atoms with Crippen LogP contribution < -0.4 is 10.1 Å². The molecule has 2 aromatic carbocycles. The summed E-state index contributed by atoms with van der Waals surface area (Å²) in [6, 6.07) is 12.1. The van der Waals surface area contributed by atoms with Crippen molar-refractivity contribution < 1.29 is 9.84 Å². The maximum absolute atomic E-state index is 9.86. The van der Waals surface area contributed by atoms with Crippen molar-refractivity contribution in [2.75, 3.05) is 12.4 Å². The number of rotatable bonds is 4. The second-order valence-corrected chi connectivity index (χ2v) is 4.56. The number of halogens is 1. The van der Waals surface area contributed by atoms with E-state index in [1.807, 2.05) is 6.07 Å². The van der Waals surface area contributed by atoms with Gasteiger partial charge in [-0.2, -0.15) is 5.26 Å². The molecular weight excluding hydrogens is 276 g/mol. The lowest BCUT2D eigenvalue weighted by Gasteiger charge is -2.10. The highest BCUT2D eigenvalue weighted by Crippen LogP contribution is 2.27. The fourth-order valence-electron chi connectivity index (χ4n) is 1.74. The predicted octanol–water partition coefficient (Wildman–Crippen LogP) is 3.54. The minimum Gasteiger partial charge on any atom is -0.507 e. The van der Waals surface area contributed by atoms with E-state index in [1.54, 1.807) is 43.5 Å². The zero-order valence-corrected chi connectivity index (χ0v) is 11.6. The van der Waals surface area contributed by atoms with Gasteiger partial charge in [-0.25, -0.2) is 0 Å². The second-order valence-electron chi connectivity index (χ2n) is 4.15. The number of methoxy groups -OCH3 is 1. The molecule has 2 N–H and O–H groups in total. The predicted molar refractivity (Wildman–Crippen MR) is 78.2 cm³/mol. The van der Waals surface area contributed by atoms with E-state index in [9.17, 15) is 5.11 Å². The van der Waals surface area contributed by atoms with Gasteiger partial charge in [0.25, 0.3) is 0 Å². The number of benzene rings is 2. The number of hydrogen-bond acceptors (Lipinski definition) is 4. The molecule has 4 nitrogen and oxygen atoms in total. The normalized spacial score (nSPS) is 9.85. The van der Waals surface area contributed by atoms with Crippen LogP contribution in [0.4, 0.5) is 5.69 Å². The van der Waals surface area contributed by atoms with Gasteiger partial charge in [0.15, 0.2) is 0 Å². The average Bonchev–Trinajstić information content (AvgIpc) is 2.46. The van der Waals surface area contributed by atoms with Crippen LogP contribution in [0.1, 0.15) is 11.1 Å². The van der Waals surface area contributed by atoms with Gasteiger partial charge in [0, 0.05) is 18.2 Å². The van der Waals surface area contributed by atoms with Crippen molar-refractivity contribution in [1.29, 1.82) is 5.26 Å². The van der Waals surface area contributed by atoms with Crippen molar-refractivity contribution in [3.63, 3.8) is 0 Å². The fourth-order valence-corrected chi connectivity index (χ4v) is 1.99. The maximum Gasteiger partial charge on any atom is 0.124 e. The van der Waals surface area contributed by atoms with Crippen molar-refractivity contribution in [2.45, 2.75) is 6.54 Å². The Labute approximate surface area is 122 Å². The van der Waals surface area contributed by atoms with E-state index in [2.05, 4.69) is 5.32 Å². The first-order chi connectivity index (χ1) is 9.63. The highest BCUT2D eigenvalue weighted by atomic mass is 35.5. The number of hydrogen-bond donors (Lipinski definition) is 2. The van der Waals surface area contributed by atoms with Crippen LogP contribution in [0.2, 0.25) is 5.02 Å². The summed E-state index contributed by atoms with van der Waals surface area (Å²) in [6.07, 6.45) is 0. The van der Waals surface area contributed by atoms with Crippen LogP contribution in [0, 0.1) is 11.3 Å². The monoisotopic (exact) mass is 288 g/mol. The molecule has 0 amide bonds. The van der Waals surface area contributed by atoms with E-state index in [-0.39, 0.29) is 5.75 Å². The molecule has 5 heteroatoms. The molecule has 0 radical (unpaired) electrons. The molecule has 0 aliphatic carbocycles. The van der Waals surface area contributed by atoms with Crippen LogP contribution in [-0.4, -0.2) is 12.2 Å². The number of nitriles is 1. The third-order valence-corrected chi connectivity index (χ3v) is 3.17. The molecule has 0 saturated carbocycles. The van der Waals surface area contributed by atoms with Gasteiger partial charge in [0.05, 0.1) is 29.5 Å². The zero-order chi connectivity index (χ0) is 14.5. The van der Waals surface area contributed by atoms with Crippen LogP contribution >= 0.6 is 11.6 Å². The van der Waals surface area contributed by atoms with Crippen molar-refractivity contribution in [2.24, 2.45) is 0 Å². The molecule has 0 atom stereocenters. The number of nitrogens with zero attached hydrogens (tertiary/aromatic N) is 1. The average molecular weight is 289 g/mol. The summed E-state index contributed by atoms with van der Waals surface area (Å²) in [5.41, 5.74) is 1.94. The molecule has 0 aliphatic heterocycles. The van der Waals surface area contributed by atoms with Crippen LogP contribution in [0.15, 0.2) is 36.4 Å². The lowest BCUT2D eigenvalue weighted by Crippen LogP contribution is -2.00. The molecule has 0 aliphatic rings. The standard InChI is InChI=1S/C15H13ClN2O2/c1-20-12-4-3-11(15(19)7-12)9-18-14-5-2-10(8-17)6-13(14)16/h2-7,18-19H,9H2,1H3. The van der Waals surface area contributed by atoms with Crippen molar-refractivity contribution in [1.82, 2.24) is 0 Å². The van der Waals surface area contributed by atoms with E-state index in [0.29, 0.717) is 28.6 Å². The maximum atomic E-state index is 9.86. The van der Waals surface area contributed by atoms with Gasteiger partial charge in [-0.3, -0.25) is 0 Å². The molecule has 2 aromatic rings. The minimum atomic E-state index is 0.154. The molecule has 20 heavy (non-hydrogen) atoms. The van der Waals surface area contributed by atoms with Gasteiger partial charge in [-0.1, -0.05) is 11.6 Å². The van der Waals surface area contributed by atoms with E-state index >= 15 is 0 Å². The Balaban J connectivity index is 2.11. The van der Waals surface area contributed by atoms with Crippen molar-refractivity contribution in [3.05, 3.63) is 52.5 Å². The molecule has 0 saturated heterocycles. The third kappa shape index (κ3) is 3.14. The quantitative estimate of drug-likeness (QED) is 0.903. The molecule has 0 aromatic heterocycles. The molecule has 0 fully saturated rings. The molecular formula is C15H13ClN2O2. The summed E-state index contributed by atoms with van der Waals surface area (Å²) >= 11 is 6.07. The number of phenols is 1. The lowest BCUT2D eigenvalue weighted by atomic mass is 10.1. The van der Waals surface area contributed by atoms with Crippen LogP contribution in [-0.2, 0) is 6.54 Å². The van der Waals surface area contributed by atoms with Crippen LogP contribution in [0.5, 0.6) is 11.5 Å². The Bertz CT molecular complexity index is 665. The van der Waals surface area contributed by atoms with Gasteiger partial charge in [0.2, 0.25) is 0 Å². The highest BCUT2D eigenvalue weighted by molar-refractivity contribution is 6.33. The zero-order valence-electron chi connectivity index (χ0n) is 10.9. The Kier molecular flexibility index (Phi) is 4.34. The smallest absolute Gasteiger partial charge is 0.124 e. The third-order valence-electron chi connectivity index (χ3n) is 2.86. The number of aromatic hydroxyl groups is 1. The number of nitrogens with one attached hydrogen (secondary N) is 1. The van der Waals surface area contributed by atoms with Crippen molar-refractivity contribution >= 4 is 17.3 Å². The Morgan fingerprint density at radius 3 is 2.70 bits per heavy atom. The summed E-state index contributed by atoms with van der Waals surface area (Å²) in [7, 11) is 1.54. The van der Waals surface area contributed by atoms with Crippen LogP contribution in [0.3, 0.4) is 0 Å². The summed E-state index contributed by atoms with van der Waals surface area (Å²) in [5.74, 6) is 0.754. The molecule has 102 valence electrons. The highest BCUT2D eigenvalue weighted by Gasteiger charge is 2.05. The van der Waals surface area contributed by atoms with E-state index in [0.717, 1.165) is 5.56 Å². The number of phenolic OH excluding ortho intramolecular Hbond substituents is 1. The Morgan fingerprint density at radius 1 is 1.30 bits per heavy atom. The van der Waals surface area contributed by atoms with Gasteiger partial charge in [-0.15, -0.1) is 0 Å². The summed E-state index contributed by atoms with van der Waals surface area (Å²) in [4.78, 5) is 0. The van der Waals surface area contributed by atoms with Gasteiger partial charge >= 0.3 is 0 Å². The second kappa shape index (κ2) is 6.18. The number of ether oxygens (including phenoxy) is 1. The minimum absolute atomic E-state index is 0.154. The van der Waals surface area contributed by atoms with E-state index in [4.69, 9.17) is 21.6 Å². The van der Waals surface area contributed by atoms with Gasteiger partial charge < -0.3 is 15.2 Å². The Morgan fingerprint density at radius 2 is 2.10 bits per heavy atom. The first kappa shape index (κ1) is 14.0. The molecule has 0 unspecified atom stereocenters. The van der Waals surface area contributed by atoms with E-state index in [1.165, 1.54) is 0 Å². The summed E-state index contributed by atoms with van der Waals surface area (Å²) in [5, 5.41) is 22.2. The van der Waals surface area contributed by atoms with Crippen LogP contribution in [0.25, 0.3) is 0 Å². The van der Waals surface area contributed by atoms with E-state index < -0.39 is 0 Å². The SMILES string of the molecule is COc1ccc(CNc2ccc(C#N)cc2Cl)c(O)c1. The molecule has 0 spiro atoms. The topological polar surface area (TPSA) is 65.3 Å². The molecule has 0 heterocycles. The summed E-state index contributed by atoms with van der Waals surface area (Å²) < 4.78 is 5.03. The van der Waals surface area contributed by atoms with Gasteiger partial charge in [0.1, 0.15) is 11.5 Å². The lowest BCUT2D eigenvalue weighted by molar-refractivity contribution is 0.406. The summed E-state index contributed by atoms with van der Waals surface area (Å²) in [6.45, 7) is 0.418. The first-order valence-electron chi connectivity index (χ1n) is 5.93. The molecule has 2 rings (SSSR count). The Hall–Kier alpha value is -2.38. The van der Waals surface area contributed by atoms with Gasteiger partial charge in [-0.05, 0) is 30.3 Å². The largest absolute Gasteiger partial charge is 0.507 e.